The molecule has 1 aromatic heterocycles. The minimum absolute atomic E-state index is 0.453. The summed E-state index contributed by atoms with van der Waals surface area (Å²) in [5, 5.41) is 1.29. The molecule has 0 unspecified atom stereocenters. The lowest BCUT2D eigenvalue weighted by molar-refractivity contribution is -0.00513. The summed E-state index contributed by atoms with van der Waals surface area (Å²) in [6, 6.07) is 17.7. The number of furan rings is 1. The molecule has 0 amide bonds. The van der Waals surface area contributed by atoms with Gasteiger partial charge in [0.25, 0.3) is 0 Å². The average Bonchev–Trinajstić information content (AvgIpc) is 3.04. The Balaban J connectivity index is 1.49. The maximum absolute atomic E-state index is 5.88. The van der Waals surface area contributed by atoms with Gasteiger partial charge < -0.3 is 4.42 Å². The molecule has 0 radical (unpaired) electrons. The van der Waals surface area contributed by atoms with Crippen LogP contribution in [0.2, 0.25) is 0 Å². The van der Waals surface area contributed by atoms with Gasteiger partial charge in [-0.3, -0.25) is 0 Å². The standard InChI is InChI=1S/C24H24O/c1-2-4-19(5-3-1)22-15-25-23-7-6-20(11-21(22)23)24-12-16-8-17(13-24)10-18(9-16)14-24/h1-7,11,15-18H,8-10,12-14H2. The highest BCUT2D eigenvalue weighted by atomic mass is 16.3. The fourth-order valence-corrected chi connectivity index (χ4v) is 6.66. The van der Waals surface area contributed by atoms with Crippen molar-refractivity contribution in [3.05, 3.63) is 60.4 Å². The molecule has 3 aromatic rings. The van der Waals surface area contributed by atoms with E-state index in [0.29, 0.717) is 5.41 Å². The SMILES string of the molecule is c1ccc(-c2coc3ccc(C45CC6CC(CC(C6)C4)C5)cc23)cc1. The van der Waals surface area contributed by atoms with Gasteiger partial charge in [-0.15, -0.1) is 0 Å². The topological polar surface area (TPSA) is 13.1 Å². The Bertz CT molecular complexity index is 898. The molecule has 0 spiro atoms. The van der Waals surface area contributed by atoms with Crippen LogP contribution in [0.4, 0.5) is 0 Å². The van der Waals surface area contributed by atoms with Crippen molar-refractivity contribution in [3.8, 4) is 11.1 Å². The molecule has 1 heteroatoms. The molecule has 7 rings (SSSR count). The van der Waals surface area contributed by atoms with E-state index in [1.807, 2.05) is 6.26 Å². The first-order valence-corrected chi connectivity index (χ1v) is 9.86. The normalized spacial score (nSPS) is 33.2. The first kappa shape index (κ1) is 14.2. The highest BCUT2D eigenvalue weighted by Gasteiger charge is 2.51. The van der Waals surface area contributed by atoms with Crippen LogP contribution in [-0.2, 0) is 5.41 Å². The summed E-state index contributed by atoms with van der Waals surface area (Å²) in [4.78, 5) is 0. The quantitative estimate of drug-likeness (QED) is 0.518. The lowest BCUT2D eigenvalue weighted by Gasteiger charge is -2.57. The second-order valence-corrected chi connectivity index (χ2v) is 8.92. The Kier molecular flexibility index (Phi) is 2.84. The minimum Gasteiger partial charge on any atom is -0.464 e. The zero-order chi connectivity index (χ0) is 16.4. The first-order chi connectivity index (χ1) is 12.3. The Hall–Kier alpha value is -2.02. The third-order valence-corrected chi connectivity index (χ3v) is 7.31. The molecule has 0 saturated heterocycles. The van der Waals surface area contributed by atoms with Crippen LogP contribution in [0.1, 0.15) is 44.1 Å². The summed E-state index contributed by atoms with van der Waals surface area (Å²) in [7, 11) is 0. The van der Waals surface area contributed by atoms with E-state index in [1.54, 1.807) is 5.56 Å². The van der Waals surface area contributed by atoms with Crippen LogP contribution in [0.5, 0.6) is 0 Å². The minimum atomic E-state index is 0.453. The van der Waals surface area contributed by atoms with E-state index in [9.17, 15) is 0 Å². The van der Waals surface area contributed by atoms with Gasteiger partial charge in [-0.2, -0.15) is 0 Å². The molecule has 4 aliphatic rings. The fourth-order valence-electron chi connectivity index (χ4n) is 6.66. The van der Waals surface area contributed by atoms with E-state index in [0.717, 1.165) is 23.3 Å². The zero-order valence-electron chi connectivity index (χ0n) is 14.6. The molecule has 126 valence electrons. The van der Waals surface area contributed by atoms with E-state index in [2.05, 4.69) is 48.5 Å². The number of fused-ring (bicyclic) bond motifs is 1. The number of rotatable bonds is 2. The summed E-state index contributed by atoms with van der Waals surface area (Å²) in [5.41, 5.74) is 5.55. The molecule has 0 aliphatic heterocycles. The summed E-state index contributed by atoms with van der Waals surface area (Å²) >= 11 is 0. The third-order valence-electron chi connectivity index (χ3n) is 7.31. The van der Waals surface area contributed by atoms with Crippen LogP contribution >= 0.6 is 0 Å². The monoisotopic (exact) mass is 328 g/mol. The Morgan fingerprint density at radius 2 is 1.48 bits per heavy atom. The van der Waals surface area contributed by atoms with Crippen molar-refractivity contribution in [2.24, 2.45) is 17.8 Å². The smallest absolute Gasteiger partial charge is 0.134 e. The average molecular weight is 328 g/mol. The van der Waals surface area contributed by atoms with Crippen LogP contribution < -0.4 is 0 Å². The third kappa shape index (κ3) is 2.08. The maximum Gasteiger partial charge on any atom is 0.134 e. The molecule has 0 atom stereocenters. The summed E-state index contributed by atoms with van der Waals surface area (Å²) in [5.74, 6) is 2.96. The Labute approximate surface area is 149 Å². The Morgan fingerprint density at radius 3 is 2.16 bits per heavy atom. The highest BCUT2D eigenvalue weighted by molar-refractivity contribution is 5.94. The van der Waals surface area contributed by atoms with Crippen molar-refractivity contribution >= 4 is 11.0 Å². The van der Waals surface area contributed by atoms with Gasteiger partial charge in [0.15, 0.2) is 0 Å². The summed E-state index contributed by atoms with van der Waals surface area (Å²) in [6.45, 7) is 0. The van der Waals surface area contributed by atoms with Gasteiger partial charge in [-0.1, -0.05) is 36.4 Å². The molecule has 2 aromatic carbocycles. The molecular formula is C24H24O. The molecule has 4 bridgehead atoms. The van der Waals surface area contributed by atoms with Crippen LogP contribution in [0.3, 0.4) is 0 Å². The van der Waals surface area contributed by atoms with E-state index in [4.69, 9.17) is 4.42 Å². The van der Waals surface area contributed by atoms with Crippen molar-refractivity contribution in [1.82, 2.24) is 0 Å². The number of benzene rings is 2. The lowest BCUT2D eigenvalue weighted by Crippen LogP contribution is -2.48. The van der Waals surface area contributed by atoms with E-state index in [-0.39, 0.29) is 0 Å². The second-order valence-electron chi connectivity index (χ2n) is 8.92. The lowest BCUT2D eigenvalue weighted by atomic mass is 9.48. The van der Waals surface area contributed by atoms with Gasteiger partial charge in [0.2, 0.25) is 0 Å². The van der Waals surface area contributed by atoms with Crippen molar-refractivity contribution < 1.29 is 4.42 Å². The van der Waals surface area contributed by atoms with E-state index < -0.39 is 0 Å². The Morgan fingerprint density at radius 1 is 0.800 bits per heavy atom. The van der Waals surface area contributed by atoms with Gasteiger partial charge in [0, 0.05) is 10.9 Å². The molecule has 4 saturated carbocycles. The van der Waals surface area contributed by atoms with Crippen molar-refractivity contribution in [2.45, 2.75) is 43.9 Å². The summed E-state index contributed by atoms with van der Waals surface area (Å²) < 4.78 is 5.88. The van der Waals surface area contributed by atoms with Gasteiger partial charge in [0.1, 0.15) is 5.58 Å². The van der Waals surface area contributed by atoms with Gasteiger partial charge in [0.05, 0.1) is 6.26 Å². The molecule has 0 N–H and O–H groups in total. The van der Waals surface area contributed by atoms with Crippen molar-refractivity contribution in [1.29, 1.82) is 0 Å². The van der Waals surface area contributed by atoms with Gasteiger partial charge >= 0.3 is 0 Å². The summed E-state index contributed by atoms with van der Waals surface area (Å²) in [6.07, 6.45) is 10.7. The fraction of sp³-hybridized carbons (Fsp3) is 0.417. The van der Waals surface area contributed by atoms with E-state index in [1.165, 1.54) is 55.0 Å². The van der Waals surface area contributed by atoms with Crippen LogP contribution in [-0.4, -0.2) is 0 Å². The van der Waals surface area contributed by atoms with E-state index >= 15 is 0 Å². The van der Waals surface area contributed by atoms with Crippen molar-refractivity contribution in [2.75, 3.05) is 0 Å². The van der Waals surface area contributed by atoms with Gasteiger partial charge in [-0.25, -0.2) is 0 Å². The first-order valence-electron chi connectivity index (χ1n) is 9.86. The molecular weight excluding hydrogens is 304 g/mol. The van der Waals surface area contributed by atoms with Crippen LogP contribution in [0.15, 0.2) is 59.2 Å². The molecule has 1 heterocycles. The highest BCUT2D eigenvalue weighted by Crippen LogP contribution is 2.61. The largest absolute Gasteiger partial charge is 0.464 e. The predicted molar refractivity (Wildman–Crippen MR) is 102 cm³/mol. The van der Waals surface area contributed by atoms with Crippen molar-refractivity contribution in [3.63, 3.8) is 0 Å². The molecule has 1 nitrogen and oxygen atoms in total. The zero-order valence-corrected chi connectivity index (χ0v) is 14.6. The molecule has 4 aliphatic carbocycles. The van der Waals surface area contributed by atoms with Gasteiger partial charge in [-0.05, 0) is 85.0 Å². The molecule has 25 heavy (non-hydrogen) atoms. The predicted octanol–water partition coefficient (Wildman–Crippen LogP) is 6.57. The maximum atomic E-state index is 5.88. The van der Waals surface area contributed by atoms with Crippen LogP contribution in [0, 0.1) is 17.8 Å². The number of hydrogen-bond acceptors (Lipinski definition) is 1. The van der Waals surface area contributed by atoms with Crippen LogP contribution in [0.25, 0.3) is 22.1 Å². The molecule has 4 fully saturated rings. The second kappa shape index (κ2) is 5.00. The number of hydrogen-bond donors (Lipinski definition) is 0.